The minimum atomic E-state index is -1.04. The summed E-state index contributed by atoms with van der Waals surface area (Å²) in [6.07, 6.45) is 0. The van der Waals surface area contributed by atoms with E-state index in [1.54, 1.807) is 26.0 Å². The molecule has 15 heavy (non-hydrogen) atoms. The van der Waals surface area contributed by atoms with Crippen molar-refractivity contribution in [3.05, 3.63) is 21.9 Å². The molecule has 0 saturated carbocycles. The second-order valence-electron chi connectivity index (χ2n) is 3.81. The Bertz CT molecular complexity index is 417. The summed E-state index contributed by atoms with van der Waals surface area (Å²) in [5.74, 6) is -1.04. The van der Waals surface area contributed by atoms with Crippen LogP contribution in [0.3, 0.4) is 0 Å². The highest BCUT2D eigenvalue weighted by Crippen LogP contribution is 2.32. The summed E-state index contributed by atoms with van der Waals surface area (Å²) in [6.45, 7) is 3.53. The first kappa shape index (κ1) is 11.7. The highest BCUT2D eigenvalue weighted by atomic mass is 32.1. The van der Waals surface area contributed by atoms with Crippen LogP contribution in [0.5, 0.6) is 0 Å². The average molecular weight is 224 g/mol. The Kier molecular flexibility index (Phi) is 3.12. The number of carboxylic acids is 1. The molecule has 1 rings (SSSR count). The number of nitrogens with zero attached hydrogens (tertiary/aromatic N) is 1. The molecule has 0 bridgehead atoms. The van der Waals surface area contributed by atoms with Crippen molar-refractivity contribution >= 4 is 17.3 Å². The fraction of sp³-hybridized carbons (Fsp3) is 0.400. The van der Waals surface area contributed by atoms with Gasteiger partial charge in [0.25, 0.3) is 0 Å². The molecule has 0 aliphatic rings. The van der Waals surface area contributed by atoms with Crippen molar-refractivity contribution < 1.29 is 9.90 Å². The van der Waals surface area contributed by atoms with E-state index in [1.165, 1.54) is 11.3 Å². The van der Waals surface area contributed by atoms with Gasteiger partial charge < -0.3 is 10.8 Å². The number of nitriles is 1. The van der Waals surface area contributed by atoms with Gasteiger partial charge in [0.2, 0.25) is 0 Å². The molecular formula is C10H12N2O2S. The van der Waals surface area contributed by atoms with Gasteiger partial charge in [-0.1, -0.05) is 13.8 Å². The molecule has 1 aromatic rings. The van der Waals surface area contributed by atoms with Crippen molar-refractivity contribution in [3.8, 4) is 6.07 Å². The standard InChI is InChI=1S/C10H12N2O2S/c1-10(2,8(12)9(13)14)7-4-3-6(5-11)15-7/h3-4,8H,12H2,1-2H3,(H,13,14). The molecular weight excluding hydrogens is 212 g/mol. The highest BCUT2D eigenvalue weighted by Gasteiger charge is 2.34. The van der Waals surface area contributed by atoms with E-state index in [0.717, 1.165) is 4.88 Å². The first-order chi connectivity index (χ1) is 6.89. The Morgan fingerprint density at radius 3 is 2.67 bits per heavy atom. The monoisotopic (exact) mass is 224 g/mol. The second kappa shape index (κ2) is 4.01. The van der Waals surface area contributed by atoms with Crippen LogP contribution < -0.4 is 5.73 Å². The van der Waals surface area contributed by atoms with Gasteiger partial charge in [0.15, 0.2) is 0 Å². The van der Waals surface area contributed by atoms with Gasteiger partial charge >= 0.3 is 5.97 Å². The van der Waals surface area contributed by atoms with E-state index in [4.69, 9.17) is 16.1 Å². The van der Waals surface area contributed by atoms with Crippen LogP contribution in [0.4, 0.5) is 0 Å². The zero-order chi connectivity index (χ0) is 11.6. The molecule has 3 N–H and O–H groups in total. The maximum atomic E-state index is 10.8. The molecule has 1 aromatic heterocycles. The Labute approximate surface area is 91.9 Å². The molecule has 4 nitrogen and oxygen atoms in total. The lowest BCUT2D eigenvalue weighted by atomic mass is 9.83. The molecule has 0 radical (unpaired) electrons. The van der Waals surface area contributed by atoms with Crippen molar-refractivity contribution in [2.75, 3.05) is 0 Å². The van der Waals surface area contributed by atoms with Crippen LogP contribution in [0.1, 0.15) is 23.6 Å². The van der Waals surface area contributed by atoms with E-state index >= 15 is 0 Å². The van der Waals surface area contributed by atoms with Gasteiger partial charge in [-0.15, -0.1) is 11.3 Å². The van der Waals surface area contributed by atoms with Crippen molar-refractivity contribution in [3.63, 3.8) is 0 Å². The predicted molar refractivity (Wildman–Crippen MR) is 57.7 cm³/mol. The lowest BCUT2D eigenvalue weighted by molar-refractivity contribution is -0.140. The summed E-state index contributed by atoms with van der Waals surface area (Å²) in [5, 5.41) is 17.5. The molecule has 0 spiro atoms. The SMILES string of the molecule is CC(C)(c1ccc(C#N)s1)C(N)C(=O)O. The fourth-order valence-electron chi connectivity index (χ4n) is 1.21. The van der Waals surface area contributed by atoms with Crippen LogP contribution in [0.2, 0.25) is 0 Å². The van der Waals surface area contributed by atoms with E-state index in [-0.39, 0.29) is 0 Å². The summed E-state index contributed by atoms with van der Waals surface area (Å²) < 4.78 is 0. The largest absolute Gasteiger partial charge is 0.480 e. The Morgan fingerprint density at radius 2 is 2.27 bits per heavy atom. The van der Waals surface area contributed by atoms with E-state index in [1.807, 2.05) is 6.07 Å². The average Bonchev–Trinajstić information content (AvgIpc) is 2.65. The van der Waals surface area contributed by atoms with Gasteiger partial charge in [-0.3, -0.25) is 4.79 Å². The first-order valence-corrected chi connectivity index (χ1v) is 5.20. The van der Waals surface area contributed by atoms with Crippen LogP contribution in [0.15, 0.2) is 12.1 Å². The van der Waals surface area contributed by atoms with Crippen LogP contribution in [-0.2, 0) is 10.2 Å². The molecule has 0 amide bonds. The van der Waals surface area contributed by atoms with Gasteiger partial charge in [-0.2, -0.15) is 5.26 Å². The highest BCUT2D eigenvalue weighted by molar-refractivity contribution is 7.12. The van der Waals surface area contributed by atoms with Gasteiger partial charge in [0.1, 0.15) is 17.0 Å². The van der Waals surface area contributed by atoms with Crippen LogP contribution in [0, 0.1) is 11.3 Å². The van der Waals surface area contributed by atoms with E-state index in [2.05, 4.69) is 0 Å². The number of nitrogens with two attached hydrogens (primary N) is 1. The maximum Gasteiger partial charge on any atom is 0.321 e. The maximum absolute atomic E-state index is 10.8. The van der Waals surface area contributed by atoms with Crippen molar-refractivity contribution in [2.24, 2.45) is 5.73 Å². The number of aliphatic carboxylic acids is 1. The fourth-order valence-corrected chi connectivity index (χ4v) is 2.15. The van der Waals surface area contributed by atoms with Crippen molar-refractivity contribution in [1.82, 2.24) is 0 Å². The van der Waals surface area contributed by atoms with E-state index < -0.39 is 17.4 Å². The summed E-state index contributed by atoms with van der Waals surface area (Å²) in [7, 11) is 0. The number of thiophene rings is 1. The Morgan fingerprint density at radius 1 is 1.67 bits per heavy atom. The van der Waals surface area contributed by atoms with Gasteiger partial charge in [-0.05, 0) is 12.1 Å². The minimum Gasteiger partial charge on any atom is -0.480 e. The minimum absolute atomic E-state index is 0.565. The Hall–Kier alpha value is -1.38. The zero-order valence-electron chi connectivity index (χ0n) is 8.52. The van der Waals surface area contributed by atoms with Crippen molar-refractivity contribution in [2.45, 2.75) is 25.3 Å². The summed E-state index contributed by atoms with van der Waals surface area (Å²) >= 11 is 1.28. The smallest absolute Gasteiger partial charge is 0.321 e. The lowest BCUT2D eigenvalue weighted by Crippen LogP contribution is -2.46. The predicted octanol–water partition coefficient (Wildman–Crippen LogP) is 1.31. The number of rotatable bonds is 3. The van der Waals surface area contributed by atoms with E-state index in [9.17, 15) is 4.79 Å². The normalized spacial score (nSPS) is 13.2. The molecule has 1 unspecified atom stereocenters. The third kappa shape index (κ3) is 2.17. The molecule has 0 fully saturated rings. The topological polar surface area (TPSA) is 87.1 Å². The number of carboxylic acid groups (broad SMARTS) is 1. The molecule has 0 aromatic carbocycles. The molecule has 0 aliphatic heterocycles. The summed E-state index contributed by atoms with van der Waals surface area (Å²) in [5.41, 5.74) is 4.94. The third-order valence-electron chi connectivity index (χ3n) is 2.39. The quantitative estimate of drug-likeness (QED) is 0.810. The first-order valence-electron chi connectivity index (χ1n) is 4.38. The molecule has 1 atom stereocenters. The second-order valence-corrected chi connectivity index (χ2v) is 4.90. The zero-order valence-corrected chi connectivity index (χ0v) is 9.34. The van der Waals surface area contributed by atoms with Crippen molar-refractivity contribution in [1.29, 1.82) is 5.26 Å². The molecule has 5 heteroatoms. The van der Waals surface area contributed by atoms with Gasteiger partial charge in [0, 0.05) is 10.3 Å². The summed E-state index contributed by atoms with van der Waals surface area (Å²) in [4.78, 5) is 12.2. The number of hydrogen-bond donors (Lipinski definition) is 2. The number of hydrogen-bond acceptors (Lipinski definition) is 4. The summed E-state index contributed by atoms with van der Waals surface area (Å²) in [6, 6.07) is 4.48. The van der Waals surface area contributed by atoms with Crippen LogP contribution >= 0.6 is 11.3 Å². The lowest BCUT2D eigenvalue weighted by Gasteiger charge is -2.27. The number of carbonyl (C=O) groups is 1. The Balaban J connectivity index is 3.05. The van der Waals surface area contributed by atoms with E-state index in [0.29, 0.717) is 4.88 Å². The van der Waals surface area contributed by atoms with Crippen LogP contribution in [-0.4, -0.2) is 17.1 Å². The molecule has 80 valence electrons. The molecule has 0 aliphatic carbocycles. The van der Waals surface area contributed by atoms with Gasteiger partial charge in [-0.25, -0.2) is 0 Å². The third-order valence-corrected chi connectivity index (χ3v) is 3.72. The van der Waals surface area contributed by atoms with Crippen LogP contribution in [0.25, 0.3) is 0 Å². The molecule has 0 saturated heterocycles. The molecule has 1 heterocycles. The van der Waals surface area contributed by atoms with Gasteiger partial charge in [0.05, 0.1) is 0 Å².